The normalized spacial score (nSPS) is 27.7. The van der Waals surface area contributed by atoms with Gasteiger partial charge in [0.1, 0.15) is 0 Å². The van der Waals surface area contributed by atoms with E-state index in [4.69, 9.17) is 10.5 Å². The van der Waals surface area contributed by atoms with Crippen LogP contribution in [0.25, 0.3) is 0 Å². The Kier molecular flexibility index (Phi) is 5.05. The fraction of sp³-hybridized carbons (Fsp3) is 0.909. The van der Waals surface area contributed by atoms with Gasteiger partial charge in [-0.2, -0.15) is 0 Å². The Morgan fingerprint density at radius 1 is 1.67 bits per heavy atom. The summed E-state index contributed by atoms with van der Waals surface area (Å²) in [6.07, 6.45) is 1.87. The fourth-order valence-electron chi connectivity index (χ4n) is 1.84. The molecule has 4 nitrogen and oxygen atoms in total. The van der Waals surface area contributed by atoms with Crippen LogP contribution in [0.2, 0.25) is 0 Å². The van der Waals surface area contributed by atoms with Crippen molar-refractivity contribution in [1.82, 2.24) is 5.32 Å². The zero-order chi connectivity index (χ0) is 11.3. The third kappa shape index (κ3) is 3.47. The van der Waals surface area contributed by atoms with E-state index in [0.717, 1.165) is 12.8 Å². The Balaban J connectivity index is 2.33. The Morgan fingerprint density at radius 3 is 3.00 bits per heavy atom. The van der Waals surface area contributed by atoms with Crippen molar-refractivity contribution in [3.8, 4) is 0 Å². The summed E-state index contributed by atoms with van der Waals surface area (Å²) >= 11 is 0. The molecule has 4 heteroatoms. The van der Waals surface area contributed by atoms with Crippen LogP contribution in [-0.4, -0.2) is 31.7 Å². The minimum Gasteiger partial charge on any atom is -0.377 e. The summed E-state index contributed by atoms with van der Waals surface area (Å²) in [5.74, 6) is 0.510. The molecular weight excluding hydrogens is 192 g/mol. The van der Waals surface area contributed by atoms with Crippen LogP contribution in [-0.2, 0) is 9.53 Å². The molecule has 3 atom stereocenters. The summed E-state index contributed by atoms with van der Waals surface area (Å²) < 4.78 is 5.48. The van der Waals surface area contributed by atoms with Gasteiger partial charge in [-0.15, -0.1) is 0 Å². The molecule has 15 heavy (non-hydrogen) atoms. The Bertz CT molecular complexity index is 209. The number of hydrogen-bond donors (Lipinski definition) is 2. The van der Waals surface area contributed by atoms with E-state index in [0.29, 0.717) is 25.6 Å². The minimum absolute atomic E-state index is 0.0416. The second-order valence-electron chi connectivity index (χ2n) is 4.30. The first-order chi connectivity index (χ1) is 7.19. The van der Waals surface area contributed by atoms with Crippen LogP contribution < -0.4 is 11.1 Å². The van der Waals surface area contributed by atoms with Crippen molar-refractivity contribution < 1.29 is 9.53 Å². The lowest BCUT2D eigenvalue weighted by atomic mass is 9.98. The lowest BCUT2D eigenvalue weighted by molar-refractivity contribution is -0.126. The highest BCUT2D eigenvalue weighted by Gasteiger charge is 2.32. The topological polar surface area (TPSA) is 64.3 Å². The van der Waals surface area contributed by atoms with E-state index < -0.39 is 0 Å². The summed E-state index contributed by atoms with van der Waals surface area (Å²) in [6, 6.07) is 0. The van der Waals surface area contributed by atoms with Crippen molar-refractivity contribution in [3.63, 3.8) is 0 Å². The highest BCUT2D eigenvalue weighted by atomic mass is 16.5. The van der Waals surface area contributed by atoms with Gasteiger partial charge in [-0.3, -0.25) is 4.79 Å². The van der Waals surface area contributed by atoms with Crippen molar-refractivity contribution in [2.24, 2.45) is 17.6 Å². The number of nitrogens with one attached hydrogen (secondary N) is 1. The van der Waals surface area contributed by atoms with Crippen molar-refractivity contribution in [3.05, 3.63) is 0 Å². The van der Waals surface area contributed by atoms with Crippen LogP contribution in [0.5, 0.6) is 0 Å². The van der Waals surface area contributed by atoms with Gasteiger partial charge in [0, 0.05) is 13.2 Å². The molecule has 1 fully saturated rings. The third-order valence-electron chi connectivity index (χ3n) is 2.98. The Hall–Kier alpha value is -0.610. The van der Waals surface area contributed by atoms with E-state index >= 15 is 0 Å². The maximum atomic E-state index is 11.8. The van der Waals surface area contributed by atoms with E-state index in [1.54, 1.807) is 0 Å². The maximum absolute atomic E-state index is 11.8. The van der Waals surface area contributed by atoms with Crippen molar-refractivity contribution in [2.75, 3.05) is 19.7 Å². The Labute approximate surface area is 91.5 Å². The summed E-state index contributed by atoms with van der Waals surface area (Å²) in [7, 11) is 0. The molecular formula is C11H22N2O2. The molecule has 1 aliphatic rings. The number of ether oxygens (including phenoxy) is 1. The van der Waals surface area contributed by atoms with E-state index in [1.807, 2.05) is 6.92 Å². The van der Waals surface area contributed by atoms with Gasteiger partial charge in [0.25, 0.3) is 0 Å². The highest BCUT2D eigenvalue weighted by Crippen LogP contribution is 2.23. The van der Waals surface area contributed by atoms with E-state index in [2.05, 4.69) is 12.2 Å². The molecule has 1 amide bonds. The van der Waals surface area contributed by atoms with Gasteiger partial charge < -0.3 is 15.8 Å². The molecule has 1 heterocycles. The van der Waals surface area contributed by atoms with Crippen LogP contribution in [0, 0.1) is 11.8 Å². The second kappa shape index (κ2) is 6.08. The molecule has 1 saturated heterocycles. The number of hydrogen-bond acceptors (Lipinski definition) is 3. The minimum atomic E-state index is 0.0416. The predicted molar refractivity (Wildman–Crippen MR) is 59.4 cm³/mol. The van der Waals surface area contributed by atoms with Gasteiger partial charge in [0.2, 0.25) is 5.91 Å². The van der Waals surface area contributed by atoms with Gasteiger partial charge in [-0.1, -0.05) is 13.8 Å². The number of carbonyl (C=O) groups excluding carboxylic acids is 1. The zero-order valence-electron chi connectivity index (χ0n) is 9.66. The Morgan fingerprint density at radius 2 is 2.40 bits per heavy atom. The highest BCUT2D eigenvalue weighted by molar-refractivity contribution is 5.79. The van der Waals surface area contributed by atoms with E-state index in [9.17, 15) is 4.79 Å². The largest absolute Gasteiger partial charge is 0.377 e. The average Bonchev–Trinajstić information content (AvgIpc) is 2.73. The molecule has 0 bridgehead atoms. The number of nitrogens with two attached hydrogens (primary N) is 1. The predicted octanol–water partition coefficient (Wildman–Crippen LogP) is 0.513. The van der Waals surface area contributed by atoms with Crippen LogP contribution in [0.1, 0.15) is 26.7 Å². The van der Waals surface area contributed by atoms with Crippen LogP contribution in [0.15, 0.2) is 0 Å². The molecule has 3 unspecified atom stereocenters. The quantitative estimate of drug-likeness (QED) is 0.701. The molecule has 0 saturated carbocycles. The first-order valence-corrected chi connectivity index (χ1v) is 5.78. The molecule has 0 aromatic carbocycles. The van der Waals surface area contributed by atoms with E-state index in [-0.39, 0.29) is 17.9 Å². The molecule has 0 aromatic heterocycles. The van der Waals surface area contributed by atoms with Gasteiger partial charge in [0.05, 0.1) is 12.0 Å². The molecule has 3 N–H and O–H groups in total. The molecule has 1 aliphatic heterocycles. The van der Waals surface area contributed by atoms with Gasteiger partial charge >= 0.3 is 0 Å². The molecule has 0 aliphatic carbocycles. The zero-order valence-corrected chi connectivity index (χ0v) is 9.66. The summed E-state index contributed by atoms with van der Waals surface area (Å²) in [4.78, 5) is 11.8. The van der Waals surface area contributed by atoms with Crippen molar-refractivity contribution in [2.45, 2.75) is 32.8 Å². The number of amides is 1. The van der Waals surface area contributed by atoms with Gasteiger partial charge in [0.15, 0.2) is 0 Å². The molecule has 1 rings (SSSR count). The summed E-state index contributed by atoms with van der Waals surface area (Å²) in [5, 5.41) is 2.94. The van der Waals surface area contributed by atoms with Crippen molar-refractivity contribution in [1.29, 1.82) is 0 Å². The summed E-state index contributed by atoms with van der Waals surface area (Å²) in [6.45, 7) is 6.07. The van der Waals surface area contributed by atoms with Crippen LogP contribution >= 0.6 is 0 Å². The molecule has 0 spiro atoms. The standard InChI is InChI=1S/C11H22N2O2/c1-3-10-9(4-5-15-10)11(14)13-7-8(2)6-12/h8-10H,3-7,12H2,1-2H3,(H,13,14). The second-order valence-corrected chi connectivity index (χ2v) is 4.30. The first-order valence-electron chi connectivity index (χ1n) is 5.78. The number of rotatable bonds is 5. The summed E-state index contributed by atoms with van der Waals surface area (Å²) in [5.41, 5.74) is 5.49. The lowest BCUT2D eigenvalue weighted by Gasteiger charge is -2.17. The van der Waals surface area contributed by atoms with Crippen molar-refractivity contribution >= 4 is 5.91 Å². The molecule has 88 valence electrons. The van der Waals surface area contributed by atoms with E-state index in [1.165, 1.54) is 0 Å². The average molecular weight is 214 g/mol. The van der Waals surface area contributed by atoms with Gasteiger partial charge in [-0.25, -0.2) is 0 Å². The SMILES string of the molecule is CCC1OCCC1C(=O)NCC(C)CN. The fourth-order valence-corrected chi connectivity index (χ4v) is 1.84. The first kappa shape index (κ1) is 12.5. The third-order valence-corrected chi connectivity index (χ3v) is 2.98. The monoisotopic (exact) mass is 214 g/mol. The molecule has 0 radical (unpaired) electrons. The van der Waals surface area contributed by atoms with Gasteiger partial charge in [-0.05, 0) is 25.3 Å². The lowest BCUT2D eigenvalue weighted by Crippen LogP contribution is -2.38. The smallest absolute Gasteiger partial charge is 0.225 e. The maximum Gasteiger partial charge on any atom is 0.225 e. The van der Waals surface area contributed by atoms with Crippen LogP contribution in [0.3, 0.4) is 0 Å². The number of carbonyl (C=O) groups is 1. The van der Waals surface area contributed by atoms with Crippen LogP contribution in [0.4, 0.5) is 0 Å². The molecule has 0 aromatic rings.